The predicted molar refractivity (Wildman–Crippen MR) is 117 cm³/mol. The minimum absolute atomic E-state index is 0.101. The molecular formula is C23H20F6N4O3. The van der Waals surface area contributed by atoms with E-state index < -0.39 is 41.8 Å². The van der Waals surface area contributed by atoms with Crippen molar-refractivity contribution in [2.75, 3.05) is 0 Å². The number of aliphatic imine (C=N–C) groups is 1. The van der Waals surface area contributed by atoms with Crippen molar-refractivity contribution in [1.29, 1.82) is 0 Å². The lowest BCUT2D eigenvalue weighted by Crippen LogP contribution is -2.32. The van der Waals surface area contributed by atoms with Crippen LogP contribution in [0.2, 0.25) is 0 Å². The number of rotatable bonds is 7. The highest BCUT2D eigenvalue weighted by Crippen LogP contribution is 2.39. The fraction of sp³-hybridized carbons (Fsp3) is 0.304. The normalized spacial score (nSPS) is 17.1. The summed E-state index contributed by atoms with van der Waals surface area (Å²) in [5.41, 5.74) is 7.83. The lowest BCUT2D eigenvalue weighted by atomic mass is 10.1. The molecule has 7 nitrogen and oxygen atoms in total. The van der Waals surface area contributed by atoms with Gasteiger partial charge in [0.05, 0.1) is 5.56 Å². The Morgan fingerprint density at radius 2 is 1.94 bits per heavy atom. The number of primary amides is 1. The summed E-state index contributed by atoms with van der Waals surface area (Å²) in [5, 5.41) is 0.772. The van der Waals surface area contributed by atoms with E-state index in [1.54, 1.807) is 24.4 Å². The Hall–Kier alpha value is -3.74. The number of fused-ring (bicyclic) bond motifs is 1. The number of alkyl halides is 6. The number of nitrogens with two attached hydrogens (primary N) is 1. The number of carbonyl (C=O) groups is 1. The topological polar surface area (TPSA) is 90.9 Å². The van der Waals surface area contributed by atoms with Crippen molar-refractivity contribution in [3.63, 3.8) is 0 Å². The van der Waals surface area contributed by atoms with Crippen molar-refractivity contribution >= 4 is 22.7 Å². The monoisotopic (exact) mass is 514 g/mol. The van der Waals surface area contributed by atoms with E-state index in [4.69, 9.17) is 10.6 Å². The summed E-state index contributed by atoms with van der Waals surface area (Å²) in [6.07, 6.45) is -11.1. The summed E-state index contributed by atoms with van der Waals surface area (Å²) in [4.78, 5) is 20.8. The largest absolute Gasteiger partial charge is 0.481 e. The van der Waals surface area contributed by atoms with Gasteiger partial charge in [-0.25, -0.2) is 4.99 Å². The van der Waals surface area contributed by atoms with Gasteiger partial charge >= 0.3 is 12.4 Å². The first-order valence-electron chi connectivity index (χ1n) is 10.7. The third kappa shape index (κ3) is 5.25. The van der Waals surface area contributed by atoms with Gasteiger partial charge in [0.15, 0.2) is 12.3 Å². The van der Waals surface area contributed by atoms with Crippen LogP contribution in [0, 0.1) is 0 Å². The Balaban J connectivity index is 1.64. The van der Waals surface area contributed by atoms with Crippen LogP contribution in [-0.2, 0) is 22.4 Å². The van der Waals surface area contributed by atoms with E-state index in [2.05, 4.69) is 15.2 Å². The molecule has 1 aromatic heterocycles. The van der Waals surface area contributed by atoms with E-state index >= 15 is 0 Å². The molecule has 0 spiro atoms. The first-order chi connectivity index (χ1) is 16.8. The summed E-state index contributed by atoms with van der Waals surface area (Å²) < 4.78 is 85.6. The third-order valence-corrected chi connectivity index (χ3v) is 5.55. The highest BCUT2D eigenvalue weighted by molar-refractivity contribution is 5.96. The molecule has 36 heavy (non-hydrogen) atoms. The number of ether oxygens (including phenoxy) is 1. The maximum atomic E-state index is 13.6. The fourth-order valence-electron chi connectivity index (χ4n) is 3.70. The van der Waals surface area contributed by atoms with Crippen molar-refractivity contribution in [2.24, 2.45) is 10.7 Å². The zero-order chi connectivity index (χ0) is 26.3. The number of hydrogen-bond donors (Lipinski definition) is 2. The second-order valence-electron chi connectivity index (χ2n) is 8.07. The van der Waals surface area contributed by atoms with Gasteiger partial charge in [0, 0.05) is 41.2 Å². The van der Waals surface area contributed by atoms with Gasteiger partial charge in [0.25, 0.3) is 0 Å². The van der Waals surface area contributed by atoms with Crippen molar-refractivity contribution in [3.8, 4) is 5.75 Å². The molecule has 2 unspecified atom stereocenters. The molecule has 1 amide bonds. The molecule has 192 valence electrons. The van der Waals surface area contributed by atoms with Crippen LogP contribution < -0.4 is 16.0 Å². The van der Waals surface area contributed by atoms with Gasteiger partial charge in [-0.05, 0) is 37.3 Å². The molecule has 3 aromatic rings. The summed E-state index contributed by atoms with van der Waals surface area (Å²) >= 11 is 0. The maximum Gasteiger partial charge on any atom is 0.425 e. The molecular weight excluding hydrogens is 494 g/mol. The minimum Gasteiger partial charge on any atom is -0.481 e. The number of hydroxylamine groups is 1. The second kappa shape index (κ2) is 9.37. The molecule has 0 aliphatic carbocycles. The molecule has 1 aliphatic rings. The van der Waals surface area contributed by atoms with Crippen molar-refractivity contribution in [3.05, 3.63) is 65.4 Å². The minimum atomic E-state index is -4.98. The van der Waals surface area contributed by atoms with Gasteiger partial charge in [-0.3, -0.25) is 4.79 Å². The van der Waals surface area contributed by atoms with E-state index in [1.165, 1.54) is 0 Å². The van der Waals surface area contributed by atoms with Gasteiger partial charge in [-0.2, -0.15) is 26.3 Å². The first-order valence-corrected chi connectivity index (χ1v) is 10.7. The van der Waals surface area contributed by atoms with Crippen molar-refractivity contribution < 1.29 is 40.7 Å². The summed E-state index contributed by atoms with van der Waals surface area (Å²) in [5.74, 6) is -1.58. The second-order valence-corrected chi connectivity index (χ2v) is 8.07. The Morgan fingerprint density at radius 1 is 1.19 bits per heavy atom. The van der Waals surface area contributed by atoms with Crippen LogP contribution in [0.4, 0.5) is 26.3 Å². The predicted octanol–water partition coefficient (Wildman–Crippen LogP) is 4.85. The number of nitrogens with zero attached hydrogens (tertiary/aromatic N) is 2. The van der Waals surface area contributed by atoms with Crippen LogP contribution in [0.5, 0.6) is 5.75 Å². The van der Waals surface area contributed by atoms with Gasteiger partial charge in [-0.1, -0.05) is 12.1 Å². The molecule has 2 aromatic carbocycles. The molecule has 0 radical (unpaired) electrons. The Bertz CT molecular complexity index is 1320. The fourth-order valence-corrected chi connectivity index (χ4v) is 3.70. The highest BCUT2D eigenvalue weighted by atomic mass is 19.4. The zero-order valence-corrected chi connectivity index (χ0v) is 18.7. The van der Waals surface area contributed by atoms with Gasteiger partial charge < -0.3 is 19.9 Å². The molecule has 4 rings (SSSR count). The van der Waals surface area contributed by atoms with Crippen molar-refractivity contribution in [1.82, 2.24) is 10.0 Å². The Kier molecular flexibility index (Phi) is 6.60. The van der Waals surface area contributed by atoms with E-state index in [0.29, 0.717) is 25.1 Å². The molecule has 2 atom stereocenters. The average Bonchev–Trinajstić information content (AvgIpc) is 3.44. The molecule has 0 fully saturated rings. The summed E-state index contributed by atoms with van der Waals surface area (Å²) in [6.45, 7) is 0.988. The van der Waals surface area contributed by atoms with E-state index in [9.17, 15) is 31.1 Å². The van der Waals surface area contributed by atoms with Gasteiger partial charge in [0.2, 0.25) is 11.8 Å². The molecule has 0 saturated carbocycles. The number of hydrogen-bond acceptors (Lipinski definition) is 5. The van der Waals surface area contributed by atoms with E-state index in [-0.39, 0.29) is 17.9 Å². The number of halogens is 6. The lowest BCUT2D eigenvalue weighted by Gasteiger charge is -2.21. The number of nitrogens with one attached hydrogen (secondary N) is 1. The zero-order valence-electron chi connectivity index (χ0n) is 18.7. The van der Waals surface area contributed by atoms with Crippen LogP contribution in [-0.4, -0.2) is 28.7 Å². The summed E-state index contributed by atoms with van der Waals surface area (Å²) in [6, 6.07) is 9.71. The molecule has 13 heteroatoms. The number of aryl methyl sites for hydroxylation is 1. The standard InChI is InChI=1S/C23H20F6N4O3/c1-12(22(24,25)26)35-18-6-5-13(11-16(18)23(27,28)29)21-31-20(32-36-21)15-3-2-4-17-14(15)7-9-33(17)10-8-19(30)34/h2-7,9,11-12,20,32H,8,10H2,1H3,(H2,30,34). The van der Waals surface area contributed by atoms with Crippen LogP contribution in [0.3, 0.4) is 0 Å². The molecule has 2 heterocycles. The number of carbonyl (C=O) groups excluding carboxylic acids is 1. The Morgan fingerprint density at radius 3 is 2.61 bits per heavy atom. The quantitative estimate of drug-likeness (QED) is 0.442. The lowest BCUT2D eigenvalue weighted by molar-refractivity contribution is -0.191. The number of amides is 1. The third-order valence-electron chi connectivity index (χ3n) is 5.55. The smallest absolute Gasteiger partial charge is 0.425 e. The van der Waals surface area contributed by atoms with Crippen LogP contribution in [0.15, 0.2) is 53.7 Å². The highest BCUT2D eigenvalue weighted by Gasteiger charge is 2.41. The summed E-state index contributed by atoms with van der Waals surface area (Å²) in [7, 11) is 0. The SMILES string of the molecule is CC(Oc1ccc(C2=NC(c3cccc4c3ccn4CCC(N)=O)NO2)cc1C(F)(F)F)C(F)(F)F. The van der Waals surface area contributed by atoms with Crippen molar-refractivity contribution in [2.45, 2.75) is 44.5 Å². The van der Waals surface area contributed by atoms with E-state index in [1.807, 2.05) is 10.6 Å². The number of benzene rings is 2. The molecule has 0 bridgehead atoms. The average molecular weight is 514 g/mol. The number of aromatic nitrogens is 1. The van der Waals surface area contributed by atoms with Gasteiger partial charge in [-0.15, -0.1) is 5.48 Å². The molecule has 0 saturated heterocycles. The van der Waals surface area contributed by atoms with Gasteiger partial charge in [0.1, 0.15) is 5.75 Å². The molecule has 1 aliphatic heterocycles. The maximum absolute atomic E-state index is 13.6. The molecule has 3 N–H and O–H groups in total. The van der Waals surface area contributed by atoms with E-state index in [0.717, 1.165) is 23.0 Å². The van der Waals surface area contributed by atoms with Crippen LogP contribution in [0.25, 0.3) is 10.9 Å². The first kappa shape index (κ1) is 25.4. The Labute approximate surface area is 200 Å². The van der Waals surface area contributed by atoms with Crippen LogP contribution in [0.1, 0.15) is 36.2 Å². The van der Waals surface area contributed by atoms with Crippen LogP contribution >= 0.6 is 0 Å².